The number of aromatic nitrogens is 5. The molecule has 0 atom stereocenters. The van der Waals surface area contributed by atoms with Gasteiger partial charge in [-0.2, -0.15) is 9.97 Å². The van der Waals surface area contributed by atoms with Crippen molar-refractivity contribution in [1.29, 1.82) is 0 Å². The first-order valence-corrected chi connectivity index (χ1v) is 18.7. The Bertz CT molecular complexity index is 2210. The summed E-state index contributed by atoms with van der Waals surface area (Å²) in [5.74, 6) is -3.94. The minimum Gasteiger partial charge on any atom is -0.481 e. The topological polar surface area (TPSA) is 271 Å². The van der Waals surface area contributed by atoms with Gasteiger partial charge in [-0.3, -0.25) is 5.32 Å². The summed E-state index contributed by atoms with van der Waals surface area (Å²) in [6.07, 6.45) is 0.901. The predicted molar refractivity (Wildman–Crippen MR) is 187 cm³/mol. The molecule has 0 saturated heterocycles. The molecule has 52 heavy (non-hydrogen) atoms. The van der Waals surface area contributed by atoms with E-state index in [-0.39, 0.29) is 46.4 Å². The number of carboxylic acid groups (broad SMARTS) is 2. The van der Waals surface area contributed by atoms with E-state index in [2.05, 4.69) is 30.1 Å². The highest BCUT2D eigenvalue weighted by atomic mass is 35.6. The summed E-state index contributed by atoms with van der Waals surface area (Å²) >= 11 is 29.1. The highest BCUT2D eigenvalue weighted by molar-refractivity contribution is 7.90. The summed E-state index contributed by atoms with van der Waals surface area (Å²) < 4.78 is 60.6. The van der Waals surface area contributed by atoms with Crippen LogP contribution in [0, 0.1) is 0 Å². The third-order valence-corrected chi connectivity index (χ3v) is 8.93. The molecule has 0 radical (unpaired) electrons. The number of hydrogen-bond donors (Lipinski definition) is 5. The van der Waals surface area contributed by atoms with Crippen molar-refractivity contribution in [3.05, 3.63) is 75.3 Å². The first-order valence-electron chi connectivity index (χ1n) is 13.4. The number of urea groups is 1. The number of anilines is 1. The van der Waals surface area contributed by atoms with Crippen LogP contribution >= 0.6 is 58.0 Å². The Morgan fingerprint density at radius 2 is 1.50 bits per heavy atom. The minimum atomic E-state index is -4.70. The monoisotopic (exact) mass is 862 g/mol. The fourth-order valence-corrected chi connectivity index (χ4v) is 6.11. The lowest BCUT2D eigenvalue weighted by molar-refractivity contribution is 0.0676. The molecule has 19 nitrogen and oxygen atoms in total. The lowest BCUT2D eigenvalue weighted by atomic mass is 10.1. The summed E-state index contributed by atoms with van der Waals surface area (Å²) in [6.45, 7) is -0.301. The lowest BCUT2D eigenvalue weighted by Crippen LogP contribution is -2.35. The van der Waals surface area contributed by atoms with E-state index in [0.29, 0.717) is 5.02 Å². The maximum atomic E-state index is 12.7. The van der Waals surface area contributed by atoms with Crippen molar-refractivity contribution in [2.24, 2.45) is 0 Å². The van der Waals surface area contributed by atoms with Crippen LogP contribution in [0.15, 0.2) is 47.4 Å². The SMILES string of the molecule is COc1cc(OC)nc(NC(=O)NS(=O)(=O)c2cc(CNS(C)(=O)=O)ccc2C(=O)O)n1.O=C(O)c1nc(C(Cl)(Cl)Cl)n(-c2ccc(Cl)cc2Cl)n1. The van der Waals surface area contributed by atoms with Crippen molar-refractivity contribution in [2.45, 2.75) is 15.2 Å². The van der Waals surface area contributed by atoms with Crippen molar-refractivity contribution in [3.8, 4) is 17.4 Å². The van der Waals surface area contributed by atoms with E-state index in [1.807, 2.05) is 0 Å². The van der Waals surface area contributed by atoms with Crippen molar-refractivity contribution in [2.75, 3.05) is 25.8 Å². The zero-order valence-corrected chi connectivity index (χ0v) is 31.7. The predicted octanol–water partition coefficient (Wildman–Crippen LogP) is 3.85. The number of carbonyl (C=O) groups excluding carboxylic acids is 1. The average Bonchev–Trinajstić information content (AvgIpc) is 3.50. The molecular weight excluding hydrogens is 842 g/mol. The molecule has 0 spiro atoms. The molecule has 5 N–H and O–H groups in total. The van der Waals surface area contributed by atoms with Gasteiger partial charge in [0.15, 0.2) is 5.82 Å². The first kappa shape index (κ1) is 42.2. The molecule has 2 aromatic carbocycles. The molecule has 0 aliphatic carbocycles. The first-order chi connectivity index (χ1) is 24.0. The maximum Gasteiger partial charge on any atom is 0.375 e. The normalized spacial score (nSPS) is 11.5. The number of aromatic carboxylic acids is 2. The average molecular weight is 865 g/mol. The fraction of sp³-hybridized carbons (Fsp3) is 0.192. The molecule has 2 amide bonds. The zero-order chi connectivity index (χ0) is 39.2. The smallest absolute Gasteiger partial charge is 0.375 e. The van der Waals surface area contributed by atoms with Crippen molar-refractivity contribution in [1.82, 2.24) is 34.2 Å². The van der Waals surface area contributed by atoms with Crippen LogP contribution in [0.5, 0.6) is 11.8 Å². The number of alkyl halides is 3. The largest absolute Gasteiger partial charge is 0.481 e. The number of methoxy groups -OCH3 is 2. The quantitative estimate of drug-likeness (QED) is 0.134. The summed E-state index contributed by atoms with van der Waals surface area (Å²) in [5.41, 5.74) is -0.202. The van der Waals surface area contributed by atoms with Gasteiger partial charge >= 0.3 is 18.0 Å². The van der Waals surface area contributed by atoms with Gasteiger partial charge in [0.25, 0.3) is 15.8 Å². The lowest BCUT2D eigenvalue weighted by Gasteiger charge is -2.12. The highest BCUT2D eigenvalue weighted by Crippen LogP contribution is 2.39. The third kappa shape index (κ3) is 11.6. The summed E-state index contributed by atoms with van der Waals surface area (Å²) in [5, 5.41) is 24.7. The molecule has 2 aromatic heterocycles. The van der Waals surface area contributed by atoms with Crippen LogP contribution in [0.3, 0.4) is 0 Å². The van der Waals surface area contributed by atoms with Crippen molar-refractivity contribution in [3.63, 3.8) is 0 Å². The summed E-state index contributed by atoms with van der Waals surface area (Å²) in [4.78, 5) is 45.2. The van der Waals surface area contributed by atoms with Gasteiger partial charge in [0.05, 0.1) is 42.8 Å². The molecule has 4 rings (SSSR count). The summed E-state index contributed by atoms with van der Waals surface area (Å²) in [6, 6.07) is 7.65. The number of amides is 2. The van der Waals surface area contributed by atoms with Crippen LogP contribution < -0.4 is 24.2 Å². The van der Waals surface area contributed by atoms with Crippen LogP contribution in [0.1, 0.15) is 32.4 Å². The molecule has 0 aliphatic heterocycles. The molecule has 0 fully saturated rings. The Labute approximate surface area is 319 Å². The van der Waals surface area contributed by atoms with E-state index in [0.717, 1.165) is 23.1 Å². The van der Waals surface area contributed by atoms with Gasteiger partial charge in [0.2, 0.25) is 31.5 Å². The van der Waals surface area contributed by atoms with Crippen LogP contribution in [0.2, 0.25) is 10.0 Å². The van der Waals surface area contributed by atoms with Crippen molar-refractivity contribution >= 4 is 102 Å². The van der Waals surface area contributed by atoms with Gasteiger partial charge in [-0.1, -0.05) is 64.1 Å². The van der Waals surface area contributed by atoms with Crippen LogP contribution in [0.4, 0.5) is 10.7 Å². The zero-order valence-electron chi connectivity index (χ0n) is 26.3. The Kier molecular flexibility index (Phi) is 13.9. The Morgan fingerprint density at radius 3 is 2.00 bits per heavy atom. The number of nitrogens with zero attached hydrogens (tertiary/aromatic N) is 5. The van der Waals surface area contributed by atoms with Gasteiger partial charge in [-0.15, -0.1) is 5.10 Å². The molecule has 4 aromatic rings. The number of hydrogen-bond acceptors (Lipinski definition) is 13. The second kappa shape index (κ2) is 17.1. The number of rotatable bonds is 11. The molecule has 0 aliphatic rings. The van der Waals surface area contributed by atoms with Gasteiger partial charge in [0.1, 0.15) is 4.90 Å². The van der Waals surface area contributed by atoms with Crippen molar-refractivity contribution < 1.29 is 50.9 Å². The van der Waals surface area contributed by atoms with E-state index in [9.17, 15) is 36.3 Å². The number of carboxylic acids is 2. The third-order valence-electron chi connectivity index (χ3n) is 5.84. The van der Waals surface area contributed by atoms with Gasteiger partial charge < -0.3 is 19.7 Å². The second-order valence-electron chi connectivity index (χ2n) is 9.63. The number of ether oxygens (including phenoxy) is 2. The Hall–Kier alpha value is -4.22. The number of carbonyl (C=O) groups is 3. The standard InChI is InChI=1S/C16H19N5O9S2.C10H4Cl5N3O2/c1-29-12-7-13(30-2)19-15(18-12)20-16(24)21-32(27,28)11-6-9(8-17-31(3,25)26)4-5-10(11)14(22)23;11-4-1-2-6(5(12)3-4)18-9(10(13,14)15)16-7(17-18)8(19)20/h4-7,17H,8H2,1-3H3,(H,22,23)(H2,18,19,20,21,24);1-3H,(H,19,20). The van der Waals surface area contributed by atoms with Crippen LogP contribution in [-0.4, -0.2) is 90.2 Å². The number of benzene rings is 2. The molecule has 0 bridgehead atoms. The molecule has 0 saturated carbocycles. The minimum absolute atomic E-state index is 0.0225. The maximum absolute atomic E-state index is 12.7. The second-order valence-corrected chi connectivity index (χ2v) is 16.2. The Morgan fingerprint density at radius 1 is 0.885 bits per heavy atom. The van der Waals surface area contributed by atoms with Gasteiger partial charge in [-0.25, -0.2) is 50.3 Å². The molecule has 26 heteroatoms. The van der Waals surface area contributed by atoms with Gasteiger partial charge in [-0.05, 0) is 35.9 Å². The number of sulfonamides is 2. The van der Waals surface area contributed by atoms with Crippen LogP contribution in [-0.2, 0) is 30.4 Å². The molecule has 0 unspecified atom stereocenters. The van der Waals surface area contributed by atoms with E-state index < -0.39 is 58.1 Å². The Balaban J connectivity index is 0.000000311. The van der Waals surface area contributed by atoms with Gasteiger partial charge in [0, 0.05) is 11.6 Å². The van der Waals surface area contributed by atoms with E-state index in [1.165, 1.54) is 44.6 Å². The van der Waals surface area contributed by atoms with E-state index in [4.69, 9.17) is 72.6 Å². The highest BCUT2D eigenvalue weighted by Gasteiger charge is 2.33. The number of nitrogens with one attached hydrogen (secondary N) is 3. The van der Waals surface area contributed by atoms with E-state index >= 15 is 0 Å². The molecular formula is C26H23Cl5N8O11S2. The molecule has 2 heterocycles. The number of halogens is 5. The molecule has 280 valence electrons. The van der Waals surface area contributed by atoms with E-state index in [1.54, 1.807) is 4.72 Å². The summed E-state index contributed by atoms with van der Waals surface area (Å²) in [7, 11) is -5.69. The fourth-order valence-electron chi connectivity index (χ4n) is 3.67. The van der Waals surface area contributed by atoms with Crippen LogP contribution in [0.25, 0.3) is 5.69 Å².